The minimum Gasteiger partial charge on any atom is -0.507 e. The monoisotopic (exact) mass is 471 g/mol. The highest BCUT2D eigenvalue weighted by atomic mass is 19.1. The van der Waals surface area contributed by atoms with E-state index in [9.17, 15) is 29.0 Å². The smallest absolute Gasteiger partial charge is 0.335 e. The number of hydrogen-bond donors (Lipinski definition) is 3. The average Bonchev–Trinajstić information content (AvgIpc) is 3.37. The largest absolute Gasteiger partial charge is 0.507 e. The fourth-order valence-corrected chi connectivity index (χ4v) is 4.21. The summed E-state index contributed by atoms with van der Waals surface area (Å²) in [6.45, 7) is 1.85. The minimum atomic E-state index is -1.12. The highest BCUT2D eigenvalue weighted by Crippen LogP contribution is 2.41. The van der Waals surface area contributed by atoms with E-state index >= 15 is 0 Å². The Morgan fingerprint density at radius 2 is 1.71 bits per heavy atom. The highest BCUT2D eigenvalue weighted by molar-refractivity contribution is 6.51. The summed E-state index contributed by atoms with van der Waals surface area (Å²) >= 11 is 0. The van der Waals surface area contributed by atoms with Gasteiger partial charge in [-0.1, -0.05) is 29.8 Å². The lowest BCUT2D eigenvalue weighted by Gasteiger charge is -2.23. The first-order valence-corrected chi connectivity index (χ1v) is 10.6. The van der Waals surface area contributed by atoms with E-state index < -0.39 is 35.3 Å². The maximum absolute atomic E-state index is 13.4. The molecular formula is C26H18FN3O5. The van der Waals surface area contributed by atoms with Crippen molar-refractivity contribution in [3.8, 4) is 0 Å². The van der Waals surface area contributed by atoms with Crippen LogP contribution in [0.3, 0.4) is 0 Å². The van der Waals surface area contributed by atoms with Gasteiger partial charge in [-0.05, 0) is 55.0 Å². The van der Waals surface area contributed by atoms with E-state index in [1.54, 1.807) is 18.2 Å². The molecule has 9 heteroatoms. The number of aromatic nitrogens is 2. The number of H-pyrrole nitrogens is 1. The summed E-state index contributed by atoms with van der Waals surface area (Å²) in [6.07, 6.45) is 0. The van der Waals surface area contributed by atoms with Crippen molar-refractivity contribution in [2.45, 2.75) is 13.0 Å². The van der Waals surface area contributed by atoms with Gasteiger partial charge in [0, 0.05) is 5.56 Å². The van der Waals surface area contributed by atoms with Gasteiger partial charge in [-0.15, -0.1) is 0 Å². The van der Waals surface area contributed by atoms with Crippen molar-refractivity contribution >= 4 is 40.4 Å². The van der Waals surface area contributed by atoms with Gasteiger partial charge in [0.05, 0.1) is 28.2 Å². The van der Waals surface area contributed by atoms with Gasteiger partial charge in [0.1, 0.15) is 11.6 Å². The minimum absolute atomic E-state index is 0.0225. The summed E-state index contributed by atoms with van der Waals surface area (Å²) in [5, 5.41) is 20.3. The van der Waals surface area contributed by atoms with Gasteiger partial charge in [-0.2, -0.15) is 0 Å². The lowest BCUT2D eigenvalue weighted by Crippen LogP contribution is -2.30. The number of aromatic amines is 1. The van der Waals surface area contributed by atoms with E-state index in [1.165, 1.54) is 30.3 Å². The fourth-order valence-electron chi connectivity index (χ4n) is 4.21. The molecule has 1 aliphatic heterocycles. The van der Waals surface area contributed by atoms with Crippen LogP contribution in [0.5, 0.6) is 0 Å². The Labute approximate surface area is 198 Å². The van der Waals surface area contributed by atoms with Crippen LogP contribution in [0, 0.1) is 12.7 Å². The molecule has 35 heavy (non-hydrogen) atoms. The van der Waals surface area contributed by atoms with E-state index in [2.05, 4.69) is 9.97 Å². The number of anilines is 1. The maximum atomic E-state index is 13.4. The Morgan fingerprint density at radius 1 is 1.00 bits per heavy atom. The number of nitrogens with one attached hydrogen (secondary N) is 1. The number of amides is 1. The predicted molar refractivity (Wildman–Crippen MR) is 125 cm³/mol. The quantitative estimate of drug-likeness (QED) is 0.231. The zero-order valence-electron chi connectivity index (χ0n) is 18.3. The lowest BCUT2D eigenvalue weighted by molar-refractivity contribution is -0.132. The van der Waals surface area contributed by atoms with Crippen LogP contribution in [0.2, 0.25) is 0 Å². The third-order valence-electron chi connectivity index (χ3n) is 5.86. The number of nitrogens with zero attached hydrogens (tertiary/aromatic N) is 2. The van der Waals surface area contributed by atoms with Crippen LogP contribution in [0.25, 0.3) is 16.8 Å². The molecule has 1 amide bonds. The number of carboxylic acid groups (broad SMARTS) is 1. The van der Waals surface area contributed by atoms with Crippen LogP contribution in [0.15, 0.2) is 72.3 Å². The molecule has 1 unspecified atom stereocenters. The number of imidazole rings is 1. The topological polar surface area (TPSA) is 124 Å². The number of ketones is 1. The van der Waals surface area contributed by atoms with E-state index in [0.717, 1.165) is 22.6 Å². The number of carboxylic acids is 1. The Hall–Kier alpha value is -4.79. The SMILES string of the molecule is Cc1cccc(C2/C(=C(\O)c3ccc(F)cc3)C(=O)C(=O)N2c2nc3ccc(C(=O)O)cc3[nH]2)c1. The average molecular weight is 471 g/mol. The number of fused-ring (bicyclic) bond motifs is 1. The van der Waals surface area contributed by atoms with E-state index in [1.807, 2.05) is 13.0 Å². The van der Waals surface area contributed by atoms with Crippen LogP contribution in [0.1, 0.15) is 33.1 Å². The Bertz CT molecular complexity index is 1560. The number of halogens is 1. The molecular weight excluding hydrogens is 453 g/mol. The second-order valence-electron chi connectivity index (χ2n) is 8.19. The first kappa shape index (κ1) is 22.0. The van der Waals surface area contributed by atoms with Gasteiger partial charge in [-0.3, -0.25) is 14.5 Å². The number of carbonyl (C=O) groups excluding carboxylic acids is 2. The number of aliphatic hydroxyl groups excluding tert-OH is 1. The van der Waals surface area contributed by atoms with Crippen molar-refractivity contribution in [2.75, 3.05) is 4.90 Å². The highest BCUT2D eigenvalue weighted by Gasteiger charge is 2.48. The van der Waals surface area contributed by atoms with Gasteiger partial charge in [0.2, 0.25) is 5.95 Å². The number of hydrogen-bond acceptors (Lipinski definition) is 5. The van der Waals surface area contributed by atoms with E-state index in [0.29, 0.717) is 16.6 Å². The molecule has 0 radical (unpaired) electrons. The summed E-state index contributed by atoms with van der Waals surface area (Å²) in [5.74, 6) is -3.90. The van der Waals surface area contributed by atoms with Crippen molar-refractivity contribution in [2.24, 2.45) is 0 Å². The van der Waals surface area contributed by atoms with Crippen molar-refractivity contribution in [1.82, 2.24) is 9.97 Å². The standard InChI is InChI=1S/C26H18FN3O5/c1-13-3-2-4-15(11-13)21-20(22(31)14-5-8-17(27)9-6-14)23(32)24(33)30(21)26-28-18-10-7-16(25(34)35)12-19(18)29-26/h2-12,21,31H,1H3,(H,28,29)(H,34,35)/b22-20+. The number of Topliss-reactive ketones (excluding diaryl/α,β-unsaturated/α-hetero) is 1. The van der Waals surface area contributed by atoms with Gasteiger partial charge >= 0.3 is 11.9 Å². The van der Waals surface area contributed by atoms with Crippen LogP contribution >= 0.6 is 0 Å². The summed E-state index contributed by atoms with van der Waals surface area (Å²) in [7, 11) is 0. The second-order valence-corrected chi connectivity index (χ2v) is 8.19. The molecule has 1 aromatic heterocycles. The van der Waals surface area contributed by atoms with Crippen molar-refractivity contribution < 1.29 is 29.0 Å². The normalized spacial score (nSPS) is 17.3. The molecule has 0 aliphatic carbocycles. The molecule has 0 spiro atoms. The molecule has 0 bridgehead atoms. The molecule has 1 fully saturated rings. The molecule has 2 heterocycles. The molecule has 1 atom stereocenters. The van der Waals surface area contributed by atoms with Gasteiger partial charge < -0.3 is 15.2 Å². The molecule has 0 saturated carbocycles. The first-order chi connectivity index (χ1) is 16.7. The van der Waals surface area contributed by atoms with Crippen LogP contribution < -0.4 is 4.90 Å². The molecule has 4 aromatic rings. The molecule has 3 N–H and O–H groups in total. The molecule has 5 rings (SSSR count). The van der Waals surface area contributed by atoms with Crippen molar-refractivity contribution in [3.05, 3.63) is 100 Å². The molecule has 3 aromatic carbocycles. The van der Waals surface area contributed by atoms with E-state index in [-0.39, 0.29) is 22.6 Å². The fraction of sp³-hybridized carbons (Fsp3) is 0.0769. The first-order valence-electron chi connectivity index (χ1n) is 10.6. The Balaban J connectivity index is 1.72. The van der Waals surface area contributed by atoms with Crippen LogP contribution in [0.4, 0.5) is 10.3 Å². The number of aliphatic hydroxyl groups is 1. The van der Waals surface area contributed by atoms with Gasteiger partial charge in [0.25, 0.3) is 5.78 Å². The van der Waals surface area contributed by atoms with Crippen LogP contribution in [-0.4, -0.2) is 37.8 Å². The zero-order valence-corrected chi connectivity index (χ0v) is 18.3. The Morgan fingerprint density at radius 3 is 2.40 bits per heavy atom. The zero-order chi connectivity index (χ0) is 24.9. The van der Waals surface area contributed by atoms with Crippen LogP contribution in [-0.2, 0) is 9.59 Å². The Kier molecular flexibility index (Phi) is 5.17. The third kappa shape index (κ3) is 3.72. The number of rotatable bonds is 4. The van der Waals surface area contributed by atoms with Crippen molar-refractivity contribution in [3.63, 3.8) is 0 Å². The van der Waals surface area contributed by atoms with Gasteiger partial charge in [0.15, 0.2) is 0 Å². The molecule has 174 valence electrons. The number of aryl methyl sites for hydroxylation is 1. The van der Waals surface area contributed by atoms with Gasteiger partial charge in [-0.25, -0.2) is 14.2 Å². The molecule has 1 aliphatic rings. The molecule has 1 saturated heterocycles. The summed E-state index contributed by atoms with van der Waals surface area (Å²) in [6, 6.07) is 15.3. The number of benzene rings is 3. The maximum Gasteiger partial charge on any atom is 0.335 e. The van der Waals surface area contributed by atoms with Crippen molar-refractivity contribution in [1.29, 1.82) is 0 Å². The number of aromatic carboxylic acids is 1. The third-order valence-corrected chi connectivity index (χ3v) is 5.86. The van der Waals surface area contributed by atoms with E-state index in [4.69, 9.17) is 0 Å². The summed E-state index contributed by atoms with van der Waals surface area (Å²) < 4.78 is 13.4. The predicted octanol–water partition coefficient (Wildman–Crippen LogP) is 4.33. The summed E-state index contributed by atoms with van der Waals surface area (Å²) in [4.78, 5) is 46.3. The second kappa shape index (κ2) is 8.21. The number of carbonyl (C=O) groups is 3. The lowest BCUT2D eigenvalue weighted by atomic mass is 9.94. The summed E-state index contributed by atoms with van der Waals surface area (Å²) in [5.41, 5.74) is 2.22. The molecule has 8 nitrogen and oxygen atoms in total.